The molecule has 0 aliphatic rings. The fraction of sp³-hybridized carbons (Fsp3) is 0.154. The van der Waals surface area contributed by atoms with Crippen molar-refractivity contribution in [1.82, 2.24) is 4.98 Å². The van der Waals surface area contributed by atoms with E-state index < -0.39 is 4.92 Å². The maximum absolute atomic E-state index is 11.9. The third-order valence-corrected chi connectivity index (χ3v) is 3.35. The van der Waals surface area contributed by atoms with Gasteiger partial charge in [0.2, 0.25) is 5.91 Å². The van der Waals surface area contributed by atoms with E-state index in [1.165, 1.54) is 35.6 Å². The Bertz CT molecular complexity index is 653. The van der Waals surface area contributed by atoms with Gasteiger partial charge in [-0.05, 0) is 12.1 Å². The van der Waals surface area contributed by atoms with Crippen molar-refractivity contribution in [2.45, 2.75) is 12.8 Å². The number of non-ortho nitro benzene ring substituents is 1. The number of aromatic nitrogens is 1. The highest BCUT2D eigenvalue weighted by Crippen LogP contribution is 2.15. The van der Waals surface area contributed by atoms with E-state index in [1.807, 2.05) is 0 Å². The van der Waals surface area contributed by atoms with E-state index in [1.54, 1.807) is 11.6 Å². The minimum atomic E-state index is -0.532. The summed E-state index contributed by atoms with van der Waals surface area (Å²) in [5.41, 5.74) is 0.274. The van der Waals surface area contributed by atoms with Crippen LogP contribution in [-0.2, 0) is 4.79 Å². The van der Waals surface area contributed by atoms with Crippen LogP contribution >= 0.6 is 11.3 Å². The maximum atomic E-state index is 11.9. The van der Waals surface area contributed by atoms with Gasteiger partial charge in [0.15, 0.2) is 10.9 Å². The first-order valence-corrected chi connectivity index (χ1v) is 6.91. The topological polar surface area (TPSA) is 102 Å². The third kappa shape index (κ3) is 4.18. The largest absolute Gasteiger partial charge is 0.302 e. The molecule has 2 rings (SSSR count). The molecule has 0 fully saturated rings. The van der Waals surface area contributed by atoms with Crippen molar-refractivity contribution in [2.75, 3.05) is 5.32 Å². The van der Waals surface area contributed by atoms with Crippen molar-refractivity contribution < 1.29 is 14.5 Å². The average Bonchev–Trinajstić information content (AvgIpc) is 2.97. The third-order valence-electron chi connectivity index (χ3n) is 2.66. The molecule has 8 heteroatoms. The Morgan fingerprint density at radius 2 is 1.95 bits per heavy atom. The molecule has 108 valence electrons. The highest BCUT2D eigenvalue weighted by Gasteiger charge is 2.12. The monoisotopic (exact) mass is 305 g/mol. The van der Waals surface area contributed by atoms with Crippen molar-refractivity contribution in [3.05, 3.63) is 51.5 Å². The van der Waals surface area contributed by atoms with Crippen LogP contribution in [0.3, 0.4) is 0 Å². The lowest BCUT2D eigenvalue weighted by atomic mass is 10.1. The second-order valence-electron chi connectivity index (χ2n) is 4.11. The van der Waals surface area contributed by atoms with Gasteiger partial charge >= 0.3 is 0 Å². The lowest BCUT2D eigenvalue weighted by molar-refractivity contribution is -0.384. The number of carbonyl (C=O) groups excluding carboxylic acids is 2. The van der Waals surface area contributed by atoms with Crippen LogP contribution in [0.25, 0.3) is 0 Å². The first-order valence-electron chi connectivity index (χ1n) is 6.03. The van der Waals surface area contributed by atoms with E-state index >= 15 is 0 Å². The molecule has 7 nitrogen and oxygen atoms in total. The highest BCUT2D eigenvalue weighted by molar-refractivity contribution is 7.13. The summed E-state index contributed by atoms with van der Waals surface area (Å²) in [6.45, 7) is 0. The molecule has 1 heterocycles. The van der Waals surface area contributed by atoms with Gasteiger partial charge < -0.3 is 5.32 Å². The van der Waals surface area contributed by atoms with Crippen LogP contribution in [0.1, 0.15) is 23.2 Å². The smallest absolute Gasteiger partial charge is 0.269 e. The molecule has 21 heavy (non-hydrogen) atoms. The molecule has 0 spiro atoms. The minimum absolute atomic E-state index is 0.0367. The summed E-state index contributed by atoms with van der Waals surface area (Å²) in [5.74, 6) is -0.528. The number of nitro groups is 1. The Labute approximate surface area is 123 Å². The molecule has 1 N–H and O–H groups in total. The lowest BCUT2D eigenvalue weighted by Crippen LogP contribution is -2.13. The van der Waals surface area contributed by atoms with Crippen LogP contribution in [-0.4, -0.2) is 21.6 Å². The summed E-state index contributed by atoms with van der Waals surface area (Å²) in [4.78, 5) is 37.4. The molecule has 0 atom stereocenters. The zero-order chi connectivity index (χ0) is 15.2. The summed E-state index contributed by atoms with van der Waals surface area (Å²) in [5, 5.41) is 15.3. The molecule has 0 aliphatic heterocycles. The number of Topliss-reactive ketones (excluding diaryl/α,β-unsaturated/α-hetero) is 1. The van der Waals surface area contributed by atoms with E-state index in [0.717, 1.165) is 0 Å². The summed E-state index contributed by atoms with van der Waals surface area (Å²) in [6.07, 6.45) is 1.65. The summed E-state index contributed by atoms with van der Waals surface area (Å²) < 4.78 is 0. The predicted molar refractivity (Wildman–Crippen MR) is 77.4 cm³/mol. The van der Waals surface area contributed by atoms with Gasteiger partial charge in [-0.2, -0.15) is 0 Å². The standard InChI is InChI=1S/C13H11N3O4S/c17-11(9-1-3-10(4-2-9)16(19)20)5-6-12(18)15-13-14-7-8-21-13/h1-4,7-8H,5-6H2,(H,14,15,18). The number of carbonyl (C=O) groups is 2. The molecule has 1 amide bonds. The minimum Gasteiger partial charge on any atom is -0.302 e. The van der Waals surface area contributed by atoms with E-state index in [-0.39, 0.29) is 30.2 Å². The van der Waals surface area contributed by atoms with Crippen LogP contribution < -0.4 is 5.32 Å². The summed E-state index contributed by atoms with van der Waals surface area (Å²) in [6, 6.07) is 5.31. The Kier molecular flexibility index (Phi) is 4.72. The number of nitrogens with one attached hydrogen (secondary N) is 1. The number of thiazole rings is 1. The van der Waals surface area contributed by atoms with Gasteiger partial charge in [0.1, 0.15) is 0 Å². The van der Waals surface area contributed by atoms with Crippen molar-refractivity contribution in [2.24, 2.45) is 0 Å². The normalized spacial score (nSPS) is 10.1. The SMILES string of the molecule is O=C(CCC(=O)c1ccc([N+](=O)[O-])cc1)Nc1nccs1. The van der Waals surface area contributed by atoms with Gasteiger partial charge in [-0.15, -0.1) is 11.3 Å². The van der Waals surface area contributed by atoms with Crippen molar-refractivity contribution in [1.29, 1.82) is 0 Å². The molecular weight excluding hydrogens is 294 g/mol. The first-order chi connectivity index (χ1) is 10.1. The van der Waals surface area contributed by atoms with Gasteiger partial charge in [0, 0.05) is 42.1 Å². The van der Waals surface area contributed by atoms with Crippen LogP contribution in [0.5, 0.6) is 0 Å². The van der Waals surface area contributed by atoms with Crippen LogP contribution in [0.2, 0.25) is 0 Å². The molecular formula is C13H11N3O4S. The molecule has 0 bridgehead atoms. The fourth-order valence-electron chi connectivity index (χ4n) is 1.61. The van der Waals surface area contributed by atoms with Crippen molar-refractivity contribution in [3.63, 3.8) is 0 Å². The molecule has 1 aromatic heterocycles. The van der Waals surface area contributed by atoms with Crippen LogP contribution in [0.15, 0.2) is 35.8 Å². The van der Waals surface area contributed by atoms with Crippen molar-refractivity contribution >= 4 is 33.8 Å². The van der Waals surface area contributed by atoms with Gasteiger partial charge in [0.05, 0.1) is 4.92 Å². The number of hydrogen-bond acceptors (Lipinski definition) is 6. The number of amides is 1. The summed E-state index contributed by atoms with van der Waals surface area (Å²) in [7, 11) is 0. The number of hydrogen-bond donors (Lipinski definition) is 1. The van der Waals surface area contributed by atoms with Gasteiger partial charge in [-0.25, -0.2) is 4.98 Å². The molecule has 0 saturated heterocycles. The number of rotatable bonds is 6. The quantitative estimate of drug-likeness (QED) is 0.502. The predicted octanol–water partition coefficient (Wildman–Crippen LogP) is 2.65. The Morgan fingerprint density at radius 3 is 2.52 bits per heavy atom. The molecule has 0 saturated carbocycles. The second-order valence-corrected chi connectivity index (χ2v) is 5.01. The zero-order valence-corrected chi connectivity index (χ0v) is 11.6. The number of ketones is 1. The van der Waals surface area contributed by atoms with E-state index in [0.29, 0.717) is 10.7 Å². The van der Waals surface area contributed by atoms with Gasteiger partial charge in [-0.1, -0.05) is 0 Å². The summed E-state index contributed by atoms with van der Waals surface area (Å²) >= 11 is 1.29. The number of nitro benzene ring substituents is 1. The Hall–Kier alpha value is -2.61. The van der Waals surface area contributed by atoms with E-state index in [9.17, 15) is 19.7 Å². The lowest BCUT2D eigenvalue weighted by Gasteiger charge is -2.02. The van der Waals surface area contributed by atoms with Gasteiger partial charge in [-0.3, -0.25) is 19.7 Å². The molecule has 0 unspecified atom stereocenters. The van der Waals surface area contributed by atoms with Crippen LogP contribution in [0.4, 0.5) is 10.8 Å². The zero-order valence-electron chi connectivity index (χ0n) is 10.8. The number of anilines is 1. The molecule has 0 radical (unpaired) electrons. The molecule has 0 aliphatic carbocycles. The molecule has 2 aromatic rings. The average molecular weight is 305 g/mol. The van der Waals surface area contributed by atoms with Crippen LogP contribution in [0, 0.1) is 10.1 Å². The van der Waals surface area contributed by atoms with Crippen molar-refractivity contribution in [3.8, 4) is 0 Å². The highest BCUT2D eigenvalue weighted by atomic mass is 32.1. The van der Waals surface area contributed by atoms with E-state index in [2.05, 4.69) is 10.3 Å². The Morgan fingerprint density at radius 1 is 1.24 bits per heavy atom. The Balaban J connectivity index is 1.86. The maximum Gasteiger partial charge on any atom is 0.269 e. The fourth-order valence-corrected chi connectivity index (χ4v) is 2.15. The van der Waals surface area contributed by atoms with E-state index in [4.69, 9.17) is 0 Å². The number of benzene rings is 1. The molecule has 1 aromatic carbocycles. The number of nitrogens with zero attached hydrogens (tertiary/aromatic N) is 2. The van der Waals surface area contributed by atoms with Gasteiger partial charge in [0.25, 0.3) is 5.69 Å². The second kappa shape index (κ2) is 6.71. The first kappa shape index (κ1) is 14.8.